The van der Waals surface area contributed by atoms with Crippen molar-refractivity contribution >= 4 is 28.8 Å². The molecule has 0 aliphatic carbocycles. The van der Waals surface area contributed by atoms with E-state index < -0.39 is 5.91 Å². The summed E-state index contributed by atoms with van der Waals surface area (Å²) in [4.78, 5) is 28.4. The Balaban J connectivity index is 1.63. The number of amides is 2. The van der Waals surface area contributed by atoms with E-state index in [0.717, 1.165) is 27.9 Å². The minimum absolute atomic E-state index is 0.118. The maximum atomic E-state index is 13.7. The van der Waals surface area contributed by atoms with Crippen LogP contribution in [-0.2, 0) is 9.59 Å². The second kappa shape index (κ2) is 7.57. The van der Waals surface area contributed by atoms with Gasteiger partial charge in [0, 0.05) is 11.8 Å². The Labute approximate surface area is 186 Å². The minimum Gasteiger partial charge on any atom is -0.454 e. The lowest BCUT2D eigenvalue weighted by atomic mass is 9.97. The molecule has 2 aliphatic heterocycles. The molecule has 0 bridgehead atoms. The molecule has 0 atom stereocenters. The zero-order chi connectivity index (χ0) is 22.4. The van der Waals surface area contributed by atoms with Crippen LogP contribution in [0.4, 0.5) is 11.4 Å². The summed E-state index contributed by atoms with van der Waals surface area (Å²) in [6, 6.07) is 18.6. The van der Waals surface area contributed by atoms with Gasteiger partial charge in [-0.2, -0.15) is 0 Å². The van der Waals surface area contributed by atoms with Crippen molar-refractivity contribution in [1.82, 2.24) is 0 Å². The predicted molar refractivity (Wildman–Crippen MR) is 123 cm³/mol. The third kappa shape index (κ3) is 3.30. The number of aryl methyl sites for hydroxylation is 3. The van der Waals surface area contributed by atoms with Crippen LogP contribution < -0.4 is 19.7 Å². The molecule has 5 rings (SSSR count). The second-order valence-corrected chi connectivity index (χ2v) is 8.05. The number of nitrogens with zero attached hydrogens (tertiary/aromatic N) is 1. The number of nitrogens with one attached hydrogen (secondary N) is 1. The van der Waals surface area contributed by atoms with Gasteiger partial charge in [-0.1, -0.05) is 35.9 Å². The van der Waals surface area contributed by atoms with Crippen molar-refractivity contribution in [2.75, 3.05) is 17.0 Å². The van der Waals surface area contributed by atoms with E-state index in [4.69, 9.17) is 9.47 Å². The van der Waals surface area contributed by atoms with E-state index in [1.165, 1.54) is 4.90 Å². The first kappa shape index (κ1) is 19.9. The Morgan fingerprint density at radius 2 is 1.59 bits per heavy atom. The average molecular weight is 426 g/mol. The standard InChI is InChI=1S/C26H22N2O4/c1-15-5-4-6-18(12-15)27-24-23(20-9-7-16(2)11-17(20)3)25(29)28(26(24)30)19-8-10-21-22(13-19)32-14-31-21/h4-13,27H,14H2,1-3H3. The molecule has 0 aromatic heterocycles. The van der Waals surface area contributed by atoms with Crippen molar-refractivity contribution in [3.63, 3.8) is 0 Å². The topological polar surface area (TPSA) is 67.9 Å². The van der Waals surface area contributed by atoms with Crippen LogP contribution in [0.15, 0.2) is 66.4 Å². The van der Waals surface area contributed by atoms with Crippen LogP contribution in [0.3, 0.4) is 0 Å². The summed E-state index contributed by atoms with van der Waals surface area (Å²) >= 11 is 0. The fourth-order valence-corrected chi connectivity index (χ4v) is 4.12. The molecule has 3 aromatic carbocycles. The number of hydrogen-bond donors (Lipinski definition) is 1. The van der Waals surface area contributed by atoms with Crippen molar-refractivity contribution in [3.05, 3.63) is 88.6 Å². The number of anilines is 2. The molecule has 160 valence electrons. The number of imide groups is 1. The zero-order valence-corrected chi connectivity index (χ0v) is 18.1. The smallest absolute Gasteiger partial charge is 0.282 e. The molecule has 6 heteroatoms. The molecule has 1 N–H and O–H groups in total. The first-order valence-electron chi connectivity index (χ1n) is 10.4. The molecule has 0 saturated heterocycles. The molecule has 0 unspecified atom stereocenters. The first-order valence-corrected chi connectivity index (χ1v) is 10.4. The normalized spacial score (nSPS) is 15.0. The quantitative estimate of drug-likeness (QED) is 0.611. The molecule has 0 spiro atoms. The summed E-state index contributed by atoms with van der Waals surface area (Å²) in [5, 5.41) is 3.22. The van der Waals surface area contributed by atoms with E-state index in [9.17, 15) is 9.59 Å². The number of ether oxygens (including phenoxy) is 2. The van der Waals surface area contributed by atoms with Crippen molar-refractivity contribution in [2.45, 2.75) is 20.8 Å². The van der Waals surface area contributed by atoms with Gasteiger partial charge in [0.15, 0.2) is 11.5 Å². The SMILES string of the molecule is Cc1cccc(NC2=C(c3ccc(C)cc3C)C(=O)N(c3ccc4c(c3)OCO4)C2=O)c1. The van der Waals surface area contributed by atoms with E-state index in [1.807, 2.05) is 63.2 Å². The molecule has 0 saturated carbocycles. The van der Waals surface area contributed by atoms with Crippen molar-refractivity contribution in [1.29, 1.82) is 0 Å². The summed E-state index contributed by atoms with van der Waals surface area (Å²) < 4.78 is 10.8. The predicted octanol–water partition coefficient (Wildman–Crippen LogP) is 4.74. The Morgan fingerprint density at radius 3 is 2.38 bits per heavy atom. The fraction of sp³-hybridized carbons (Fsp3) is 0.154. The van der Waals surface area contributed by atoms with Crippen molar-refractivity contribution in [3.8, 4) is 11.5 Å². The maximum Gasteiger partial charge on any atom is 0.282 e. The van der Waals surface area contributed by atoms with Crippen LogP contribution in [0.25, 0.3) is 5.57 Å². The molecule has 2 heterocycles. The lowest BCUT2D eigenvalue weighted by Crippen LogP contribution is -2.32. The maximum absolute atomic E-state index is 13.7. The van der Waals surface area contributed by atoms with Crippen LogP contribution >= 0.6 is 0 Å². The van der Waals surface area contributed by atoms with Gasteiger partial charge in [-0.15, -0.1) is 0 Å². The largest absolute Gasteiger partial charge is 0.454 e. The summed E-state index contributed by atoms with van der Waals surface area (Å²) in [5.41, 5.74) is 5.59. The second-order valence-electron chi connectivity index (χ2n) is 8.05. The molecule has 32 heavy (non-hydrogen) atoms. The Morgan fingerprint density at radius 1 is 0.812 bits per heavy atom. The molecular formula is C26H22N2O4. The lowest BCUT2D eigenvalue weighted by molar-refractivity contribution is -0.120. The fourth-order valence-electron chi connectivity index (χ4n) is 4.12. The lowest BCUT2D eigenvalue weighted by Gasteiger charge is -2.16. The monoisotopic (exact) mass is 426 g/mol. The van der Waals surface area contributed by atoms with Crippen LogP contribution in [0.5, 0.6) is 11.5 Å². The molecule has 3 aromatic rings. The minimum atomic E-state index is -0.412. The third-order valence-corrected chi connectivity index (χ3v) is 5.64. The van der Waals surface area contributed by atoms with E-state index in [2.05, 4.69) is 5.32 Å². The van der Waals surface area contributed by atoms with E-state index in [-0.39, 0.29) is 18.4 Å². The Hall–Kier alpha value is -4.06. The van der Waals surface area contributed by atoms with Crippen molar-refractivity contribution < 1.29 is 19.1 Å². The highest BCUT2D eigenvalue weighted by molar-refractivity contribution is 6.46. The van der Waals surface area contributed by atoms with Gasteiger partial charge in [0.1, 0.15) is 5.70 Å². The Kier molecular flexibility index (Phi) is 4.70. The number of fused-ring (bicyclic) bond motifs is 1. The zero-order valence-electron chi connectivity index (χ0n) is 18.1. The molecule has 2 aliphatic rings. The van der Waals surface area contributed by atoms with Gasteiger partial charge < -0.3 is 14.8 Å². The average Bonchev–Trinajstić information content (AvgIpc) is 3.31. The summed E-state index contributed by atoms with van der Waals surface area (Å²) in [6.45, 7) is 6.04. The van der Waals surface area contributed by atoms with Crippen molar-refractivity contribution in [2.24, 2.45) is 0 Å². The number of rotatable bonds is 4. The van der Waals surface area contributed by atoms with Gasteiger partial charge in [0.05, 0.1) is 11.3 Å². The van der Waals surface area contributed by atoms with E-state index in [1.54, 1.807) is 18.2 Å². The highest BCUT2D eigenvalue weighted by Gasteiger charge is 2.41. The van der Waals surface area contributed by atoms with Gasteiger partial charge in [-0.25, -0.2) is 4.90 Å². The van der Waals surface area contributed by atoms with Gasteiger partial charge >= 0.3 is 0 Å². The third-order valence-electron chi connectivity index (χ3n) is 5.64. The highest BCUT2D eigenvalue weighted by atomic mass is 16.7. The Bertz CT molecular complexity index is 1310. The van der Waals surface area contributed by atoms with Crippen LogP contribution in [0, 0.1) is 20.8 Å². The number of carbonyl (C=O) groups excluding carboxylic acids is 2. The number of hydrogen-bond acceptors (Lipinski definition) is 5. The highest BCUT2D eigenvalue weighted by Crippen LogP contribution is 2.40. The van der Waals surface area contributed by atoms with Crippen LogP contribution in [-0.4, -0.2) is 18.6 Å². The summed E-state index contributed by atoms with van der Waals surface area (Å²) in [7, 11) is 0. The van der Waals surface area contributed by atoms with Gasteiger partial charge in [-0.3, -0.25) is 9.59 Å². The van der Waals surface area contributed by atoms with E-state index >= 15 is 0 Å². The molecule has 0 radical (unpaired) electrons. The van der Waals surface area contributed by atoms with Gasteiger partial charge in [0.25, 0.3) is 11.8 Å². The summed E-state index contributed by atoms with van der Waals surface area (Å²) in [6.07, 6.45) is 0. The number of benzene rings is 3. The molecule has 6 nitrogen and oxygen atoms in total. The van der Waals surface area contributed by atoms with E-state index in [0.29, 0.717) is 22.8 Å². The first-order chi connectivity index (χ1) is 15.4. The van der Waals surface area contributed by atoms with Crippen LogP contribution in [0.2, 0.25) is 0 Å². The molecular weight excluding hydrogens is 404 g/mol. The van der Waals surface area contributed by atoms with Gasteiger partial charge in [0.2, 0.25) is 6.79 Å². The summed E-state index contributed by atoms with van der Waals surface area (Å²) in [5.74, 6) is 0.311. The molecule has 0 fully saturated rings. The molecule has 2 amide bonds. The van der Waals surface area contributed by atoms with Gasteiger partial charge in [-0.05, 0) is 61.7 Å². The number of carbonyl (C=O) groups is 2. The van der Waals surface area contributed by atoms with Crippen LogP contribution in [0.1, 0.15) is 22.3 Å².